The summed E-state index contributed by atoms with van der Waals surface area (Å²) in [6.07, 6.45) is 4.28. The van der Waals surface area contributed by atoms with Crippen LogP contribution in [0.1, 0.15) is 53.4 Å². The summed E-state index contributed by atoms with van der Waals surface area (Å²) in [5.41, 5.74) is 5.47. The number of hydrogen-bond acceptors (Lipinski definition) is 4. The highest BCUT2D eigenvalue weighted by atomic mass is 16.5. The molecule has 120 valence electrons. The molecule has 5 heteroatoms. The van der Waals surface area contributed by atoms with Crippen LogP contribution in [0.15, 0.2) is 5.16 Å². The van der Waals surface area contributed by atoms with Gasteiger partial charge in [-0.05, 0) is 32.7 Å². The van der Waals surface area contributed by atoms with Gasteiger partial charge < -0.3 is 15.7 Å². The van der Waals surface area contributed by atoms with Gasteiger partial charge >= 0.3 is 0 Å². The Balaban J connectivity index is 4.11. The number of nitrogens with zero attached hydrogens (tertiary/aromatic N) is 2. The van der Waals surface area contributed by atoms with Gasteiger partial charge in [0.2, 0.25) is 0 Å². The Kier molecular flexibility index (Phi) is 9.59. The highest BCUT2D eigenvalue weighted by Crippen LogP contribution is 2.23. The van der Waals surface area contributed by atoms with Crippen molar-refractivity contribution < 1.29 is 9.94 Å². The SMILES string of the molecule is CCC(C)N(CCCCC(C)(C)C(N)=NO)CCOC. The quantitative estimate of drug-likeness (QED) is 0.201. The van der Waals surface area contributed by atoms with Crippen LogP contribution in [0.3, 0.4) is 0 Å². The zero-order chi connectivity index (χ0) is 15.6. The topological polar surface area (TPSA) is 71.1 Å². The molecule has 0 heterocycles. The molecule has 5 nitrogen and oxygen atoms in total. The van der Waals surface area contributed by atoms with Gasteiger partial charge in [0.25, 0.3) is 0 Å². The standard InChI is InChI=1S/C15H33N3O2/c1-6-13(2)18(11-12-20-5)10-8-7-9-15(3,4)14(16)17-19/h13,19H,6-12H2,1-5H3,(H2,16,17). The first-order valence-corrected chi connectivity index (χ1v) is 7.60. The molecule has 0 rings (SSSR count). The monoisotopic (exact) mass is 287 g/mol. The van der Waals surface area contributed by atoms with Crippen LogP contribution in [0.2, 0.25) is 0 Å². The predicted molar refractivity (Wildman–Crippen MR) is 84.2 cm³/mol. The van der Waals surface area contributed by atoms with E-state index >= 15 is 0 Å². The fraction of sp³-hybridized carbons (Fsp3) is 0.933. The summed E-state index contributed by atoms with van der Waals surface area (Å²) in [5.74, 6) is 0.315. The molecule has 0 amide bonds. The van der Waals surface area contributed by atoms with Crippen molar-refractivity contribution in [3.8, 4) is 0 Å². The molecular formula is C15H33N3O2. The van der Waals surface area contributed by atoms with Gasteiger partial charge in [-0.25, -0.2) is 0 Å². The highest BCUT2D eigenvalue weighted by molar-refractivity contribution is 5.85. The van der Waals surface area contributed by atoms with Crippen molar-refractivity contribution in [2.24, 2.45) is 16.3 Å². The minimum absolute atomic E-state index is 0.234. The van der Waals surface area contributed by atoms with E-state index in [-0.39, 0.29) is 5.41 Å². The summed E-state index contributed by atoms with van der Waals surface area (Å²) < 4.78 is 5.17. The molecule has 0 aromatic rings. The maximum absolute atomic E-state index is 8.76. The number of amidine groups is 1. The maximum atomic E-state index is 8.76. The Hall–Kier alpha value is -0.810. The van der Waals surface area contributed by atoms with Crippen LogP contribution in [-0.2, 0) is 4.74 Å². The van der Waals surface area contributed by atoms with E-state index < -0.39 is 0 Å². The zero-order valence-electron chi connectivity index (χ0n) is 13.9. The van der Waals surface area contributed by atoms with Gasteiger partial charge in [0.05, 0.1) is 6.61 Å². The van der Waals surface area contributed by atoms with E-state index in [0.717, 1.165) is 45.4 Å². The normalized spacial score (nSPS) is 14.8. The van der Waals surface area contributed by atoms with Crippen LogP contribution in [0.5, 0.6) is 0 Å². The van der Waals surface area contributed by atoms with Gasteiger partial charge in [0.15, 0.2) is 0 Å². The molecule has 0 aromatic heterocycles. The van der Waals surface area contributed by atoms with Gasteiger partial charge in [-0.2, -0.15) is 0 Å². The number of rotatable bonds is 11. The average molecular weight is 287 g/mol. The third kappa shape index (κ3) is 7.10. The minimum atomic E-state index is -0.234. The lowest BCUT2D eigenvalue weighted by Gasteiger charge is -2.29. The minimum Gasteiger partial charge on any atom is -0.409 e. The van der Waals surface area contributed by atoms with E-state index in [1.807, 2.05) is 13.8 Å². The van der Waals surface area contributed by atoms with Crippen LogP contribution in [0, 0.1) is 5.41 Å². The average Bonchev–Trinajstić information content (AvgIpc) is 2.44. The molecule has 0 aliphatic carbocycles. The first-order chi connectivity index (χ1) is 9.38. The lowest BCUT2D eigenvalue weighted by Crippen LogP contribution is -2.36. The van der Waals surface area contributed by atoms with Crippen LogP contribution >= 0.6 is 0 Å². The summed E-state index contributed by atoms with van der Waals surface area (Å²) in [6, 6.07) is 0.585. The first kappa shape index (κ1) is 19.2. The highest BCUT2D eigenvalue weighted by Gasteiger charge is 2.23. The molecular weight excluding hydrogens is 254 g/mol. The van der Waals surface area contributed by atoms with Crippen molar-refractivity contribution >= 4 is 5.84 Å². The molecule has 0 saturated heterocycles. The Labute approximate surface area is 124 Å². The van der Waals surface area contributed by atoms with E-state index in [1.54, 1.807) is 7.11 Å². The van der Waals surface area contributed by atoms with Gasteiger partial charge in [-0.15, -0.1) is 0 Å². The van der Waals surface area contributed by atoms with Gasteiger partial charge in [-0.3, -0.25) is 4.90 Å². The van der Waals surface area contributed by atoms with Crippen molar-refractivity contribution in [3.05, 3.63) is 0 Å². The number of methoxy groups -OCH3 is 1. The third-order valence-corrected chi connectivity index (χ3v) is 4.10. The second-order valence-electron chi connectivity index (χ2n) is 6.11. The van der Waals surface area contributed by atoms with Gasteiger partial charge in [0.1, 0.15) is 5.84 Å². The zero-order valence-corrected chi connectivity index (χ0v) is 13.9. The van der Waals surface area contributed by atoms with Crippen molar-refractivity contribution in [3.63, 3.8) is 0 Å². The van der Waals surface area contributed by atoms with Crippen LogP contribution in [0.25, 0.3) is 0 Å². The summed E-state index contributed by atoms with van der Waals surface area (Å²) in [7, 11) is 1.74. The summed E-state index contributed by atoms with van der Waals surface area (Å²) in [4.78, 5) is 2.47. The molecule has 1 atom stereocenters. The largest absolute Gasteiger partial charge is 0.409 e. The van der Waals surface area contributed by atoms with Crippen LogP contribution in [-0.4, -0.2) is 48.8 Å². The molecule has 20 heavy (non-hydrogen) atoms. The third-order valence-electron chi connectivity index (χ3n) is 4.10. The number of nitrogens with two attached hydrogens (primary N) is 1. The van der Waals surface area contributed by atoms with E-state index in [9.17, 15) is 0 Å². The van der Waals surface area contributed by atoms with Crippen molar-refractivity contribution in [1.82, 2.24) is 4.90 Å². The molecule has 0 aliphatic heterocycles. The predicted octanol–water partition coefficient (Wildman–Crippen LogP) is 2.68. The molecule has 0 saturated carbocycles. The summed E-state index contributed by atoms with van der Waals surface area (Å²) >= 11 is 0. The fourth-order valence-electron chi connectivity index (χ4n) is 2.16. The second kappa shape index (κ2) is 10.00. The van der Waals surface area contributed by atoms with Crippen molar-refractivity contribution in [2.75, 3.05) is 26.8 Å². The molecule has 0 bridgehead atoms. The molecule has 0 aromatic carbocycles. The number of oxime groups is 1. The molecule has 0 aliphatic rings. The van der Waals surface area contributed by atoms with Gasteiger partial charge in [0, 0.05) is 25.1 Å². The Morgan fingerprint density at radius 3 is 2.50 bits per heavy atom. The van der Waals surface area contributed by atoms with Crippen molar-refractivity contribution in [1.29, 1.82) is 0 Å². The Morgan fingerprint density at radius 2 is 2.00 bits per heavy atom. The smallest absolute Gasteiger partial charge is 0.144 e. The molecule has 3 N–H and O–H groups in total. The summed E-state index contributed by atoms with van der Waals surface area (Å²) in [6.45, 7) is 11.3. The maximum Gasteiger partial charge on any atom is 0.144 e. The summed E-state index contributed by atoms with van der Waals surface area (Å²) in [5, 5.41) is 11.9. The second-order valence-corrected chi connectivity index (χ2v) is 6.11. The lowest BCUT2D eigenvalue weighted by atomic mass is 9.86. The molecule has 0 radical (unpaired) electrons. The van der Waals surface area contributed by atoms with Gasteiger partial charge in [-0.1, -0.05) is 32.3 Å². The van der Waals surface area contributed by atoms with E-state index in [2.05, 4.69) is 23.9 Å². The number of unbranched alkanes of at least 4 members (excludes halogenated alkanes) is 1. The fourth-order valence-corrected chi connectivity index (χ4v) is 2.16. The van der Waals surface area contributed by atoms with Crippen LogP contribution < -0.4 is 5.73 Å². The lowest BCUT2D eigenvalue weighted by molar-refractivity contribution is 0.121. The Bertz CT molecular complexity index is 280. The van der Waals surface area contributed by atoms with Crippen molar-refractivity contribution in [2.45, 2.75) is 59.4 Å². The first-order valence-electron chi connectivity index (χ1n) is 7.60. The Morgan fingerprint density at radius 1 is 1.35 bits per heavy atom. The van der Waals surface area contributed by atoms with E-state index in [4.69, 9.17) is 15.7 Å². The number of ether oxygens (including phenoxy) is 1. The van der Waals surface area contributed by atoms with E-state index in [1.165, 1.54) is 0 Å². The number of hydrogen-bond donors (Lipinski definition) is 2. The molecule has 1 unspecified atom stereocenters. The van der Waals surface area contributed by atoms with Crippen LogP contribution in [0.4, 0.5) is 0 Å². The molecule has 0 fully saturated rings. The molecule has 0 spiro atoms. The van der Waals surface area contributed by atoms with E-state index in [0.29, 0.717) is 11.9 Å².